The number of hydrogen-bond donors (Lipinski definition) is 0. The molecular weight excluding hydrogens is 245 g/mol. The summed E-state index contributed by atoms with van der Waals surface area (Å²) in [6.07, 6.45) is 1.36. The first-order valence-electron chi connectivity index (χ1n) is 5.25. The highest BCUT2D eigenvalue weighted by atomic mass is 19.1. The van der Waals surface area contributed by atoms with Gasteiger partial charge in [0.25, 0.3) is 0 Å². The van der Waals surface area contributed by atoms with Crippen LogP contribution in [0, 0.1) is 17.5 Å². The Morgan fingerprint density at radius 2 is 1.89 bits per heavy atom. The van der Waals surface area contributed by atoms with Gasteiger partial charge in [-0.3, -0.25) is 9.48 Å². The van der Waals surface area contributed by atoms with Gasteiger partial charge in [-0.15, -0.1) is 0 Å². The lowest BCUT2D eigenvalue weighted by Crippen LogP contribution is -2.14. The zero-order valence-corrected chi connectivity index (χ0v) is 9.45. The van der Waals surface area contributed by atoms with Crippen LogP contribution in [0.5, 0.6) is 0 Å². The van der Waals surface area contributed by atoms with E-state index in [1.54, 1.807) is 6.92 Å². The quantitative estimate of drug-likeness (QED) is 0.789. The molecular formula is C12H9F3N2O. The fourth-order valence-electron chi connectivity index (χ4n) is 1.66. The Morgan fingerprint density at radius 1 is 1.28 bits per heavy atom. The number of ketones is 1. The number of nitrogens with zero attached hydrogens (tertiary/aromatic N) is 2. The minimum atomic E-state index is -1.22. The molecule has 0 fully saturated rings. The van der Waals surface area contributed by atoms with E-state index in [-0.39, 0.29) is 5.69 Å². The van der Waals surface area contributed by atoms with E-state index in [0.29, 0.717) is 18.7 Å². The summed E-state index contributed by atoms with van der Waals surface area (Å²) in [4.78, 5) is 12.0. The first kappa shape index (κ1) is 12.3. The smallest absolute Gasteiger partial charge is 0.216 e. The fraction of sp³-hybridized carbons (Fsp3) is 0.167. The van der Waals surface area contributed by atoms with Crippen LogP contribution in [-0.2, 0) is 6.54 Å². The lowest BCUT2D eigenvalue weighted by Gasteiger charge is -2.06. The van der Waals surface area contributed by atoms with Gasteiger partial charge in [-0.2, -0.15) is 5.10 Å². The molecule has 0 atom stereocenters. The van der Waals surface area contributed by atoms with Crippen molar-refractivity contribution in [2.45, 2.75) is 13.5 Å². The number of aryl methyl sites for hydroxylation is 1. The van der Waals surface area contributed by atoms with Crippen molar-refractivity contribution in [2.75, 3.05) is 0 Å². The van der Waals surface area contributed by atoms with Crippen molar-refractivity contribution in [3.05, 3.63) is 53.1 Å². The summed E-state index contributed by atoms with van der Waals surface area (Å²) in [5.41, 5.74) is -0.714. The monoisotopic (exact) mass is 254 g/mol. The second-order valence-corrected chi connectivity index (χ2v) is 3.61. The SMILES string of the molecule is CCn1nccc1C(=O)c1c(F)cc(F)cc1F. The van der Waals surface area contributed by atoms with Gasteiger partial charge in [-0.1, -0.05) is 0 Å². The van der Waals surface area contributed by atoms with E-state index < -0.39 is 28.8 Å². The van der Waals surface area contributed by atoms with Crippen LogP contribution in [0.1, 0.15) is 23.0 Å². The lowest BCUT2D eigenvalue weighted by molar-refractivity contribution is 0.102. The number of hydrogen-bond acceptors (Lipinski definition) is 2. The maximum Gasteiger partial charge on any atom is 0.216 e. The maximum absolute atomic E-state index is 13.5. The average molecular weight is 254 g/mol. The highest BCUT2D eigenvalue weighted by molar-refractivity contribution is 6.08. The topological polar surface area (TPSA) is 34.9 Å². The van der Waals surface area contributed by atoms with Crippen LogP contribution in [0.4, 0.5) is 13.2 Å². The van der Waals surface area contributed by atoms with Crippen molar-refractivity contribution >= 4 is 5.78 Å². The second-order valence-electron chi connectivity index (χ2n) is 3.61. The number of halogens is 3. The molecule has 94 valence electrons. The Morgan fingerprint density at radius 3 is 2.44 bits per heavy atom. The van der Waals surface area contributed by atoms with Crippen LogP contribution in [0.15, 0.2) is 24.4 Å². The molecule has 0 saturated heterocycles. The van der Waals surface area contributed by atoms with Gasteiger partial charge < -0.3 is 0 Å². The van der Waals surface area contributed by atoms with Gasteiger partial charge in [-0.25, -0.2) is 13.2 Å². The van der Waals surface area contributed by atoms with Gasteiger partial charge in [0.2, 0.25) is 5.78 Å². The molecule has 0 aliphatic carbocycles. The third kappa shape index (κ3) is 2.01. The molecule has 6 heteroatoms. The summed E-state index contributed by atoms with van der Waals surface area (Å²) >= 11 is 0. The Kier molecular flexibility index (Phi) is 3.18. The maximum atomic E-state index is 13.5. The van der Waals surface area contributed by atoms with Crippen LogP contribution in [0.2, 0.25) is 0 Å². The Balaban J connectivity index is 2.53. The number of carbonyl (C=O) groups excluding carboxylic acids is 1. The van der Waals surface area contributed by atoms with Gasteiger partial charge in [0.05, 0.1) is 5.56 Å². The van der Waals surface area contributed by atoms with Gasteiger partial charge in [0.15, 0.2) is 0 Å². The molecule has 0 unspecified atom stereocenters. The van der Waals surface area contributed by atoms with Crippen LogP contribution < -0.4 is 0 Å². The number of benzene rings is 1. The molecule has 0 radical (unpaired) electrons. The van der Waals surface area contributed by atoms with Crippen molar-refractivity contribution < 1.29 is 18.0 Å². The third-order valence-corrected chi connectivity index (χ3v) is 2.48. The molecule has 18 heavy (non-hydrogen) atoms. The van der Waals surface area contributed by atoms with E-state index in [4.69, 9.17) is 0 Å². The zero-order valence-electron chi connectivity index (χ0n) is 9.45. The average Bonchev–Trinajstić information content (AvgIpc) is 2.75. The van der Waals surface area contributed by atoms with Crippen molar-refractivity contribution in [3.8, 4) is 0 Å². The summed E-state index contributed by atoms with van der Waals surface area (Å²) < 4.78 is 41.0. The predicted molar refractivity (Wildman–Crippen MR) is 57.6 cm³/mol. The molecule has 0 saturated carbocycles. The standard InChI is InChI=1S/C12H9F3N2O/c1-2-17-10(3-4-16-17)12(18)11-8(14)5-7(13)6-9(11)15/h3-6H,2H2,1H3. The normalized spacial score (nSPS) is 10.7. The molecule has 0 N–H and O–H groups in total. The zero-order chi connectivity index (χ0) is 13.3. The van der Waals surface area contributed by atoms with Gasteiger partial charge >= 0.3 is 0 Å². The summed E-state index contributed by atoms with van der Waals surface area (Å²) in [6.45, 7) is 2.12. The fourth-order valence-corrected chi connectivity index (χ4v) is 1.66. The highest BCUT2D eigenvalue weighted by Gasteiger charge is 2.22. The molecule has 0 aliphatic heterocycles. The second kappa shape index (κ2) is 4.64. The number of rotatable bonds is 3. The molecule has 0 aliphatic rings. The van der Waals surface area contributed by atoms with E-state index in [1.807, 2.05) is 0 Å². The minimum Gasteiger partial charge on any atom is -0.287 e. The first-order valence-corrected chi connectivity index (χ1v) is 5.25. The largest absolute Gasteiger partial charge is 0.287 e. The van der Waals surface area contributed by atoms with Crippen LogP contribution >= 0.6 is 0 Å². The molecule has 2 rings (SSSR count). The summed E-state index contributed by atoms with van der Waals surface area (Å²) in [7, 11) is 0. The van der Waals surface area contributed by atoms with E-state index >= 15 is 0 Å². The number of carbonyl (C=O) groups is 1. The molecule has 0 amide bonds. The van der Waals surface area contributed by atoms with Crippen LogP contribution in [-0.4, -0.2) is 15.6 Å². The van der Waals surface area contributed by atoms with Crippen LogP contribution in [0.3, 0.4) is 0 Å². The molecule has 0 bridgehead atoms. The highest BCUT2D eigenvalue weighted by Crippen LogP contribution is 2.18. The number of aromatic nitrogens is 2. The molecule has 2 aromatic rings. The molecule has 1 aromatic heterocycles. The molecule has 0 spiro atoms. The Labute approximate surface area is 101 Å². The molecule has 1 aromatic carbocycles. The van der Waals surface area contributed by atoms with Crippen molar-refractivity contribution in [2.24, 2.45) is 0 Å². The Bertz CT molecular complexity index is 584. The summed E-state index contributed by atoms with van der Waals surface area (Å²) in [5.74, 6) is -4.36. The minimum absolute atomic E-state index is 0.0573. The molecule has 3 nitrogen and oxygen atoms in total. The van der Waals surface area contributed by atoms with E-state index in [1.165, 1.54) is 16.9 Å². The molecule has 1 heterocycles. The first-order chi connectivity index (χ1) is 8.54. The Hall–Kier alpha value is -2.11. The van der Waals surface area contributed by atoms with Crippen LogP contribution in [0.25, 0.3) is 0 Å². The van der Waals surface area contributed by atoms with Crippen molar-refractivity contribution in [3.63, 3.8) is 0 Å². The summed E-state index contributed by atoms with van der Waals surface area (Å²) in [5, 5.41) is 3.84. The predicted octanol–water partition coefficient (Wildman–Crippen LogP) is 2.55. The van der Waals surface area contributed by atoms with Gasteiger partial charge in [0, 0.05) is 24.9 Å². The van der Waals surface area contributed by atoms with Crippen molar-refractivity contribution in [1.82, 2.24) is 9.78 Å². The van der Waals surface area contributed by atoms with Gasteiger partial charge in [-0.05, 0) is 13.0 Å². The van der Waals surface area contributed by atoms with Crippen molar-refractivity contribution in [1.29, 1.82) is 0 Å². The van der Waals surface area contributed by atoms with Gasteiger partial charge in [0.1, 0.15) is 23.1 Å². The lowest BCUT2D eigenvalue weighted by atomic mass is 10.1. The van der Waals surface area contributed by atoms with E-state index in [0.717, 1.165) is 0 Å². The summed E-state index contributed by atoms with van der Waals surface area (Å²) in [6, 6.07) is 2.31. The van der Waals surface area contributed by atoms with E-state index in [9.17, 15) is 18.0 Å². The van der Waals surface area contributed by atoms with E-state index in [2.05, 4.69) is 5.10 Å². The third-order valence-electron chi connectivity index (χ3n) is 2.48.